The molecule has 21 heavy (non-hydrogen) atoms. The first-order valence-corrected chi connectivity index (χ1v) is 7.29. The van der Waals surface area contributed by atoms with E-state index in [1.807, 2.05) is 0 Å². The van der Waals surface area contributed by atoms with Crippen molar-refractivity contribution in [3.63, 3.8) is 0 Å². The number of para-hydroxylation sites is 1. The van der Waals surface area contributed by atoms with Gasteiger partial charge in [-0.2, -0.15) is 0 Å². The van der Waals surface area contributed by atoms with Crippen molar-refractivity contribution >= 4 is 23.5 Å². The molecule has 4 atom stereocenters. The largest absolute Gasteiger partial charge is 0.478 e. The number of fused-ring (bicyclic) bond motifs is 5. The van der Waals surface area contributed by atoms with E-state index >= 15 is 0 Å². The van der Waals surface area contributed by atoms with Gasteiger partial charge in [-0.1, -0.05) is 12.1 Å². The smallest absolute Gasteiger partial charge is 0.337 e. The topological polar surface area (TPSA) is 74.7 Å². The van der Waals surface area contributed by atoms with E-state index in [-0.39, 0.29) is 34.9 Å². The molecule has 1 aromatic rings. The second kappa shape index (κ2) is 4.16. The second-order valence-corrected chi connectivity index (χ2v) is 6.22. The summed E-state index contributed by atoms with van der Waals surface area (Å²) in [5.74, 6) is -1.36. The molecule has 0 aromatic heterocycles. The van der Waals surface area contributed by atoms with Gasteiger partial charge in [0.05, 0.1) is 23.1 Å². The maximum Gasteiger partial charge on any atom is 0.337 e. The van der Waals surface area contributed by atoms with E-state index in [1.165, 1.54) is 6.07 Å². The van der Waals surface area contributed by atoms with Crippen molar-refractivity contribution in [2.75, 3.05) is 4.90 Å². The Morgan fingerprint density at radius 1 is 1.05 bits per heavy atom. The molecule has 0 unspecified atom stereocenters. The standard InChI is InChI=1S/C16H15NO4/c18-14-12-8-5-6-9(7-8)13(12)15(19)17(14)11-4-2-1-3-10(11)16(20)21/h1-4,8-9,12-13H,5-7H2,(H,20,21)/t8-,9-,12-,13+/m0/s1. The van der Waals surface area contributed by atoms with Crippen molar-refractivity contribution in [1.29, 1.82) is 0 Å². The number of carbonyl (C=O) groups excluding carboxylic acids is 2. The number of carbonyl (C=O) groups is 3. The number of imide groups is 1. The van der Waals surface area contributed by atoms with E-state index in [0.717, 1.165) is 24.2 Å². The molecule has 1 saturated heterocycles. The number of amides is 2. The van der Waals surface area contributed by atoms with Crippen LogP contribution in [0.1, 0.15) is 29.6 Å². The SMILES string of the molecule is O=C(O)c1ccccc1N1C(=O)[C@@H]2[C@H]3CC[C@@H](C3)[C@@H]2C1=O. The summed E-state index contributed by atoms with van der Waals surface area (Å²) >= 11 is 0. The Balaban J connectivity index is 1.79. The molecule has 1 N–H and O–H groups in total. The molecule has 2 saturated carbocycles. The van der Waals surface area contributed by atoms with Crippen LogP contribution in [0, 0.1) is 23.7 Å². The number of hydrogen-bond acceptors (Lipinski definition) is 3. The van der Waals surface area contributed by atoms with Gasteiger partial charge in [0.1, 0.15) is 0 Å². The third kappa shape index (κ3) is 1.54. The fraction of sp³-hybridized carbons (Fsp3) is 0.438. The molecule has 5 nitrogen and oxygen atoms in total. The molecule has 3 fully saturated rings. The fourth-order valence-electron chi connectivity index (χ4n) is 4.50. The van der Waals surface area contributed by atoms with E-state index in [9.17, 15) is 19.5 Å². The van der Waals surface area contributed by atoms with Crippen LogP contribution < -0.4 is 4.90 Å². The second-order valence-electron chi connectivity index (χ2n) is 6.22. The highest BCUT2D eigenvalue weighted by Crippen LogP contribution is 2.56. The van der Waals surface area contributed by atoms with Crippen LogP contribution in [0.15, 0.2) is 24.3 Å². The van der Waals surface area contributed by atoms with E-state index in [1.54, 1.807) is 18.2 Å². The predicted molar refractivity (Wildman–Crippen MR) is 73.7 cm³/mol. The molecule has 2 amide bonds. The lowest BCUT2D eigenvalue weighted by molar-refractivity contribution is -0.123. The van der Waals surface area contributed by atoms with Crippen LogP contribution in [0.5, 0.6) is 0 Å². The van der Waals surface area contributed by atoms with Gasteiger partial charge in [-0.15, -0.1) is 0 Å². The Morgan fingerprint density at radius 2 is 1.62 bits per heavy atom. The molecule has 3 aliphatic rings. The Labute approximate surface area is 121 Å². The van der Waals surface area contributed by atoms with Crippen LogP contribution in [-0.4, -0.2) is 22.9 Å². The zero-order chi connectivity index (χ0) is 14.7. The fourth-order valence-corrected chi connectivity index (χ4v) is 4.50. The number of rotatable bonds is 2. The number of nitrogens with zero attached hydrogens (tertiary/aromatic N) is 1. The summed E-state index contributed by atoms with van der Waals surface area (Å²) in [4.78, 5) is 37.8. The first-order valence-electron chi connectivity index (χ1n) is 7.29. The summed E-state index contributed by atoms with van der Waals surface area (Å²) in [6.45, 7) is 0. The monoisotopic (exact) mass is 285 g/mol. The molecule has 1 aromatic carbocycles. The van der Waals surface area contributed by atoms with E-state index in [4.69, 9.17) is 0 Å². The quantitative estimate of drug-likeness (QED) is 0.842. The number of carboxylic acid groups (broad SMARTS) is 1. The van der Waals surface area contributed by atoms with Crippen LogP contribution in [-0.2, 0) is 9.59 Å². The number of hydrogen-bond donors (Lipinski definition) is 1. The number of carboxylic acids is 1. The lowest BCUT2D eigenvalue weighted by Gasteiger charge is -2.19. The highest BCUT2D eigenvalue weighted by molar-refractivity contribution is 6.24. The van der Waals surface area contributed by atoms with Crippen LogP contribution in [0.25, 0.3) is 0 Å². The van der Waals surface area contributed by atoms with Crippen molar-refractivity contribution in [3.05, 3.63) is 29.8 Å². The van der Waals surface area contributed by atoms with Crippen LogP contribution in [0.3, 0.4) is 0 Å². The number of aromatic carboxylic acids is 1. The average Bonchev–Trinajstić information content (AvgIpc) is 3.13. The third-order valence-corrected chi connectivity index (χ3v) is 5.30. The first kappa shape index (κ1) is 12.6. The molecule has 5 heteroatoms. The Bertz CT molecular complexity index is 640. The average molecular weight is 285 g/mol. The van der Waals surface area contributed by atoms with Gasteiger partial charge in [0.2, 0.25) is 11.8 Å². The molecule has 4 rings (SSSR count). The van der Waals surface area contributed by atoms with Gasteiger partial charge in [-0.05, 0) is 43.2 Å². The van der Waals surface area contributed by atoms with Crippen molar-refractivity contribution in [1.82, 2.24) is 0 Å². The lowest BCUT2D eigenvalue weighted by Crippen LogP contribution is -2.34. The van der Waals surface area contributed by atoms with Gasteiger partial charge in [-0.25, -0.2) is 9.69 Å². The molecule has 2 bridgehead atoms. The summed E-state index contributed by atoms with van der Waals surface area (Å²) < 4.78 is 0. The Morgan fingerprint density at radius 3 is 2.19 bits per heavy atom. The molecule has 108 valence electrons. The van der Waals surface area contributed by atoms with Gasteiger partial charge >= 0.3 is 5.97 Å². The summed E-state index contributed by atoms with van der Waals surface area (Å²) in [6, 6.07) is 6.23. The summed E-state index contributed by atoms with van der Waals surface area (Å²) in [7, 11) is 0. The van der Waals surface area contributed by atoms with Crippen LogP contribution in [0.4, 0.5) is 5.69 Å². The molecular weight excluding hydrogens is 270 g/mol. The minimum atomic E-state index is -1.12. The maximum atomic E-state index is 12.7. The van der Waals surface area contributed by atoms with Crippen molar-refractivity contribution in [2.45, 2.75) is 19.3 Å². The maximum absolute atomic E-state index is 12.7. The predicted octanol–water partition coefficient (Wildman–Crippen LogP) is 1.92. The van der Waals surface area contributed by atoms with Gasteiger partial charge in [-0.3, -0.25) is 9.59 Å². The number of benzene rings is 1. The molecular formula is C16H15NO4. The van der Waals surface area contributed by atoms with E-state index in [0.29, 0.717) is 11.8 Å². The lowest BCUT2D eigenvalue weighted by atomic mass is 9.81. The molecule has 0 spiro atoms. The first-order chi connectivity index (χ1) is 10.1. The van der Waals surface area contributed by atoms with Crippen molar-refractivity contribution in [2.24, 2.45) is 23.7 Å². The van der Waals surface area contributed by atoms with Gasteiger partial charge in [0.25, 0.3) is 0 Å². The molecule has 1 aliphatic heterocycles. The van der Waals surface area contributed by atoms with Gasteiger partial charge in [0, 0.05) is 0 Å². The zero-order valence-corrected chi connectivity index (χ0v) is 11.4. The molecule has 2 aliphatic carbocycles. The Kier molecular flexibility index (Phi) is 2.49. The van der Waals surface area contributed by atoms with Crippen LogP contribution >= 0.6 is 0 Å². The minimum absolute atomic E-state index is 0.00604. The Hall–Kier alpha value is -2.17. The highest BCUT2D eigenvalue weighted by atomic mass is 16.4. The summed E-state index contributed by atoms with van der Waals surface area (Å²) in [5.41, 5.74) is 0.223. The molecule has 0 radical (unpaired) electrons. The van der Waals surface area contributed by atoms with Crippen molar-refractivity contribution < 1.29 is 19.5 Å². The van der Waals surface area contributed by atoms with Crippen molar-refractivity contribution in [3.8, 4) is 0 Å². The summed E-state index contributed by atoms with van der Waals surface area (Å²) in [5, 5.41) is 9.27. The highest BCUT2D eigenvalue weighted by Gasteiger charge is 2.61. The summed E-state index contributed by atoms with van der Waals surface area (Å²) in [6.07, 6.45) is 3.00. The van der Waals surface area contributed by atoms with Crippen LogP contribution in [0.2, 0.25) is 0 Å². The van der Waals surface area contributed by atoms with E-state index < -0.39 is 5.97 Å². The van der Waals surface area contributed by atoms with Gasteiger partial charge in [0.15, 0.2) is 0 Å². The normalized spacial score (nSPS) is 33.6. The zero-order valence-electron chi connectivity index (χ0n) is 11.4. The van der Waals surface area contributed by atoms with Gasteiger partial charge < -0.3 is 5.11 Å². The minimum Gasteiger partial charge on any atom is -0.478 e. The third-order valence-electron chi connectivity index (χ3n) is 5.30. The number of anilines is 1. The van der Waals surface area contributed by atoms with E-state index in [2.05, 4.69) is 0 Å². The molecule has 1 heterocycles.